The average molecular weight is 454 g/mol. The molecular weight excluding hydrogens is 422 g/mol. The van der Waals surface area contributed by atoms with Gasteiger partial charge in [-0.1, -0.05) is 62.9 Å². The number of ketones is 1. The first-order chi connectivity index (χ1) is 15.1. The summed E-state index contributed by atoms with van der Waals surface area (Å²) in [5, 5.41) is 21.1. The highest BCUT2D eigenvalue weighted by atomic mass is 32.2. The van der Waals surface area contributed by atoms with Crippen LogP contribution in [0.15, 0.2) is 41.6 Å². The number of Topliss-reactive ketones (excluding diaryl/α,β-unsaturated/α-hetero) is 1. The van der Waals surface area contributed by atoms with Crippen LogP contribution in [0.4, 0.5) is 0 Å². The molecular formula is C25H31N3O3S. The van der Waals surface area contributed by atoms with Crippen molar-refractivity contribution in [2.75, 3.05) is 0 Å². The van der Waals surface area contributed by atoms with Gasteiger partial charge in [0.05, 0.1) is 16.4 Å². The molecule has 6 nitrogen and oxygen atoms in total. The van der Waals surface area contributed by atoms with E-state index < -0.39 is 16.6 Å². The molecule has 2 aromatic carbocycles. The Morgan fingerprint density at radius 1 is 1.09 bits per heavy atom. The first-order valence-electron chi connectivity index (χ1n) is 10.9. The number of thioether (sulfide) groups is 1. The van der Waals surface area contributed by atoms with Crippen LogP contribution in [-0.4, -0.2) is 36.4 Å². The second-order valence-corrected chi connectivity index (χ2v) is 10.5. The lowest BCUT2D eigenvalue weighted by Crippen LogP contribution is -2.33. The van der Waals surface area contributed by atoms with Crippen LogP contribution in [0.3, 0.4) is 0 Å². The highest BCUT2D eigenvalue weighted by molar-refractivity contribution is 8.01. The topological polar surface area (TPSA) is 85.1 Å². The molecule has 0 amide bonds. The van der Waals surface area contributed by atoms with Crippen molar-refractivity contribution in [3.05, 3.63) is 47.8 Å². The van der Waals surface area contributed by atoms with Crippen molar-refractivity contribution in [2.24, 2.45) is 11.8 Å². The minimum Gasteiger partial charge on any atom is -0.481 e. The molecule has 0 aliphatic carbocycles. The van der Waals surface area contributed by atoms with E-state index in [1.54, 1.807) is 0 Å². The fourth-order valence-electron chi connectivity index (χ4n) is 3.87. The van der Waals surface area contributed by atoms with Gasteiger partial charge in [0.15, 0.2) is 5.16 Å². The predicted octanol–water partition coefficient (Wildman–Crippen LogP) is 5.48. The van der Waals surface area contributed by atoms with Gasteiger partial charge in [0, 0.05) is 11.8 Å². The Labute approximate surface area is 193 Å². The number of rotatable bonds is 9. The molecule has 1 unspecified atom stereocenters. The monoisotopic (exact) mass is 453 g/mol. The molecule has 3 rings (SSSR count). The normalized spacial score (nSPS) is 13.0. The SMILES string of the molecule is CCc1ccc(-n2c(C)nnc2SC(C)(C)C(=O)CC(C(=O)O)C(C)C)c2ccccc12. The van der Waals surface area contributed by atoms with Gasteiger partial charge in [0.1, 0.15) is 11.6 Å². The van der Waals surface area contributed by atoms with Crippen LogP contribution < -0.4 is 0 Å². The first-order valence-corrected chi connectivity index (χ1v) is 11.8. The highest BCUT2D eigenvalue weighted by Gasteiger charge is 2.35. The molecule has 32 heavy (non-hydrogen) atoms. The minimum atomic E-state index is -0.935. The molecule has 1 heterocycles. The first kappa shape index (κ1) is 24.0. The van der Waals surface area contributed by atoms with Gasteiger partial charge in [-0.2, -0.15) is 0 Å². The molecule has 170 valence electrons. The van der Waals surface area contributed by atoms with Crippen LogP contribution in [0.1, 0.15) is 52.4 Å². The third-order valence-electron chi connectivity index (χ3n) is 5.95. The van der Waals surface area contributed by atoms with Crippen molar-refractivity contribution in [2.45, 2.75) is 64.3 Å². The Bertz CT molecular complexity index is 1150. The van der Waals surface area contributed by atoms with Crippen molar-refractivity contribution < 1.29 is 14.7 Å². The number of hydrogen-bond acceptors (Lipinski definition) is 5. The quantitative estimate of drug-likeness (QED) is 0.432. The Morgan fingerprint density at radius 3 is 2.34 bits per heavy atom. The van der Waals surface area contributed by atoms with E-state index in [-0.39, 0.29) is 18.1 Å². The number of aromatic nitrogens is 3. The smallest absolute Gasteiger partial charge is 0.307 e. The molecule has 0 radical (unpaired) electrons. The average Bonchev–Trinajstić information content (AvgIpc) is 3.09. The van der Waals surface area contributed by atoms with Crippen molar-refractivity contribution in [1.29, 1.82) is 0 Å². The summed E-state index contributed by atoms with van der Waals surface area (Å²) in [4.78, 5) is 24.7. The maximum Gasteiger partial charge on any atom is 0.307 e. The molecule has 1 N–H and O–H groups in total. The number of hydrogen-bond donors (Lipinski definition) is 1. The summed E-state index contributed by atoms with van der Waals surface area (Å²) in [6, 6.07) is 12.5. The standard InChI is InChI=1S/C25H31N3O3S/c1-7-17-12-13-21(19-11-9-8-10-18(17)19)28-16(4)26-27-24(28)32-25(5,6)22(29)14-20(15(2)3)23(30)31/h8-13,15,20H,7,14H2,1-6H3,(H,30,31). The van der Waals surface area contributed by atoms with Crippen LogP contribution >= 0.6 is 11.8 Å². The van der Waals surface area contributed by atoms with Crippen LogP contribution in [0, 0.1) is 18.8 Å². The summed E-state index contributed by atoms with van der Waals surface area (Å²) < 4.78 is 1.14. The lowest BCUT2D eigenvalue weighted by Gasteiger charge is -2.25. The number of fused-ring (bicyclic) bond motifs is 1. The van der Waals surface area contributed by atoms with Gasteiger partial charge in [-0.3, -0.25) is 14.2 Å². The molecule has 0 saturated carbocycles. The third-order valence-corrected chi connectivity index (χ3v) is 7.14. The molecule has 7 heteroatoms. The number of carbonyl (C=O) groups excluding carboxylic acids is 1. The van der Waals surface area contributed by atoms with Crippen molar-refractivity contribution in [1.82, 2.24) is 14.8 Å². The number of aryl methyl sites for hydroxylation is 2. The van der Waals surface area contributed by atoms with Gasteiger partial charge in [-0.15, -0.1) is 10.2 Å². The molecule has 1 aromatic heterocycles. The Balaban J connectivity index is 1.99. The number of benzene rings is 2. The van der Waals surface area contributed by atoms with E-state index in [4.69, 9.17) is 0 Å². The summed E-state index contributed by atoms with van der Waals surface area (Å²) in [5.41, 5.74) is 2.24. The van der Waals surface area contributed by atoms with E-state index >= 15 is 0 Å². The fourth-order valence-corrected chi connectivity index (χ4v) is 4.93. The number of aliphatic carboxylic acids is 1. The van der Waals surface area contributed by atoms with E-state index in [0.717, 1.165) is 23.3 Å². The van der Waals surface area contributed by atoms with E-state index in [9.17, 15) is 14.7 Å². The highest BCUT2D eigenvalue weighted by Crippen LogP contribution is 2.37. The van der Waals surface area contributed by atoms with Crippen LogP contribution in [0.25, 0.3) is 16.5 Å². The lowest BCUT2D eigenvalue weighted by molar-refractivity contribution is -0.145. The molecule has 0 bridgehead atoms. The second kappa shape index (κ2) is 9.45. The zero-order valence-corrected chi connectivity index (χ0v) is 20.4. The fraction of sp³-hybridized carbons (Fsp3) is 0.440. The van der Waals surface area contributed by atoms with E-state index in [1.165, 1.54) is 22.7 Å². The van der Waals surface area contributed by atoms with Gasteiger partial charge in [0.25, 0.3) is 0 Å². The molecule has 0 aliphatic heterocycles. The summed E-state index contributed by atoms with van der Waals surface area (Å²) in [5.74, 6) is -1.13. The van der Waals surface area contributed by atoms with Crippen molar-refractivity contribution in [3.8, 4) is 5.69 Å². The number of carboxylic acid groups (broad SMARTS) is 1. The summed E-state index contributed by atoms with van der Waals surface area (Å²) in [7, 11) is 0. The van der Waals surface area contributed by atoms with Gasteiger partial charge >= 0.3 is 5.97 Å². The van der Waals surface area contributed by atoms with E-state index in [2.05, 4.69) is 41.4 Å². The third kappa shape index (κ3) is 4.72. The van der Waals surface area contributed by atoms with E-state index in [0.29, 0.717) is 5.16 Å². The Hall–Kier alpha value is -2.67. The maximum absolute atomic E-state index is 13.1. The largest absolute Gasteiger partial charge is 0.481 e. The zero-order chi connectivity index (χ0) is 23.6. The minimum absolute atomic E-state index is 0.00571. The van der Waals surface area contributed by atoms with Gasteiger partial charge in [-0.25, -0.2) is 0 Å². The van der Waals surface area contributed by atoms with Crippen molar-refractivity contribution >= 4 is 34.3 Å². The Kier molecular flexibility index (Phi) is 7.08. The summed E-state index contributed by atoms with van der Waals surface area (Å²) >= 11 is 1.33. The molecule has 0 saturated heterocycles. The Morgan fingerprint density at radius 2 is 1.75 bits per heavy atom. The molecule has 0 fully saturated rings. The predicted molar refractivity (Wildman–Crippen MR) is 129 cm³/mol. The van der Waals surface area contributed by atoms with Crippen LogP contribution in [0.5, 0.6) is 0 Å². The second-order valence-electron chi connectivity index (χ2n) is 8.94. The summed E-state index contributed by atoms with van der Waals surface area (Å²) in [6.07, 6.45) is 0.930. The molecule has 3 aromatic rings. The number of nitrogens with zero attached hydrogens (tertiary/aromatic N) is 3. The van der Waals surface area contributed by atoms with Crippen LogP contribution in [-0.2, 0) is 16.0 Å². The van der Waals surface area contributed by atoms with Gasteiger partial charge in [0.2, 0.25) is 0 Å². The maximum atomic E-state index is 13.1. The van der Waals surface area contributed by atoms with Crippen molar-refractivity contribution in [3.63, 3.8) is 0 Å². The van der Waals surface area contributed by atoms with Gasteiger partial charge in [-0.05, 0) is 50.1 Å². The van der Waals surface area contributed by atoms with Gasteiger partial charge < -0.3 is 5.11 Å². The molecule has 0 aliphatic rings. The van der Waals surface area contributed by atoms with Crippen LogP contribution in [0.2, 0.25) is 0 Å². The molecule has 1 atom stereocenters. The number of carbonyl (C=O) groups is 2. The summed E-state index contributed by atoms with van der Waals surface area (Å²) in [6.45, 7) is 11.3. The molecule has 0 spiro atoms. The number of carboxylic acids is 1. The van der Waals surface area contributed by atoms with E-state index in [1.807, 2.05) is 51.3 Å². The zero-order valence-electron chi connectivity index (χ0n) is 19.5. The lowest BCUT2D eigenvalue weighted by atomic mass is 9.88.